The first kappa shape index (κ1) is 31.4. The highest BCUT2D eigenvalue weighted by Crippen LogP contribution is 2.14. The highest BCUT2D eigenvalue weighted by molar-refractivity contribution is 5.76. The SMILES string of the molecule is CCCCCCCCCCCCCCCCCCCC(=O)NC(CO)C(O)CCCCC. The minimum atomic E-state index is -0.647. The van der Waals surface area contributed by atoms with E-state index in [1.54, 1.807) is 0 Å². The molecule has 32 heavy (non-hydrogen) atoms. The Morgan fingerprint density at radius 2 is 1.00 bits per heavy atom. The number of rotatable bonds is 25. The van der Waals surface area contributed by atoms with Crippen molar-refractivity contribution in [1.29, 1.82) is 0 Å². The molecule has 3 N–H and O–H groups in total. The van der Waals surface area contributed by atoms with Crippen LogP contribution in [0.3, 0.4) is 0 Å². The zero-order chi connectivity index (χ0) is 23.7. The molecule has 4 nitrogen and oxygen atoms in total. The molecule has 0 fully saturated rings. The van der Waals surface area contributed by atoms with Crippen molar-refractivity contribution in [2.45, 2.75) is 167 Å². The summed E-state index contributed by atoms with van der Waals surface area (Å²) in [6, 6.07) is -0.523. The lowest BCUT2D eigenvalue weighted by atomic mass is 10.0. The lowest BCUT2D eigenvalue weighted by molar-refractivity contribution is -0.123. The van der Waals surface area contributed by atoms with Gasteiger partial charge in [-0.15, -0.1) is 0 Å². The lowest BCUT2D eigenvalue weighted by Gasteiger charge is -2.22. The largest absolute Gasteiger partial charge is 0.394 e. The van der Waals surface area contributed by atoms with Gasteiger partial charge in [-0.1, -0.05) is 136 Å². The molecule has 0 radical (unpaired) electrons. The molecule has 0 aliphatic heterocycles. The molecule has 0 aliphatic carbocycles. The second-order valence-electron chi connectivity index (χ2n) is 9.83. The number of hydrogen-bond donors (Lipinski definition) is 3. The van der Waals surface area contributed by atoms with Crippen LogP contribution in [0.2, 0.25) is 0 Å². The summed E-state index contributed by atoms with van der Waals surface area (Å²) in [5, 5.41) is 22.4. The summed E-state index contributed by atoms with van der Waals surface area (Å²) >= 11 is 0. The van der Waals surface area contributed by atoms with Crippen molar-refractivity contribution in [2.75, 3.05) is 6.61 Å². The Morgan fingerprint density at radius 1 is 0.625 bits per heavy atom. The first-order valence-electron chi connectivity index (χ1n) is 14.2. The van der Waals surface area contributed by atoms with Crippen molar-refractivity contribution in [3.05, 3.63) is 0 Å². The molecular weight excluding hydrogens is 398 g/mol. The third-order valence-electron chi connectivity index (χ3n) is 6.62. The van der Waals surface area contributed by atoms with Crippen molar-refractivity contribution in [3.63, 3.8) is 0 Å². The van der Waals surface area contributed by atoms with E-state index in [1.807, 2.05) is 0 Å². The maximum absolute atomic E-state index is 12.1. The predicted octanol–water partition coefficient (Wildman–Crippen LogP) is 7.45. The molecule has 0 aromatic carbocycles. The summed E-state index contributed by atoms with van der Waals surface area (Å²) in [6.45, 7) is 4.20. The van der Waals surface area contributed by atoms with Crippen LogP contribution in [-0.2, 0) is 4.79 Å². The van der Waals surface area contributed by atoms with Crippen LogP contribution >= 0.6 is 0 Å². The molecule has 0 aromatic heterocycles. The summed E-state index contributed by atoms with van der Waals surface area (Å²) in [6.07, 6.45) is 26.2. The standard InChI is InChI=1S/C28H57NO3/c1-3-5-7-8-9-10-11-12-13-14-15-16-17-18-19-20-22-24-28(32)29-26(25-30)27(31)23-21-6-4-2/h26-27,30-31H,3-25H2,1-2H3,(H,29,32). The molecule has 0 spiro atoms. The number of nitrogens with one attached hydrogen (secondary N) is 1. The van der Waals surface area contributed by atoms with Gasteiger partial charge in [0.05, 0.1) is 18.8 Å². The summed E-state index contributed by atoms with van der Waals surface area (Å²) in [5.41, 5.74) is 0. The highest BCUT2D eigenvalue weighted by atomic mass is 16.3. The number of hydrogen-bond acceptors (Lipinski definition) is 3. The lowest BCUT2D eigenvalue weighted by Crippen LogP contribution is -2.45. The fourth-order valence-corrected chi connectivity index (χ4v) is 4.36. The minimum Gasteiger partial charge on any atom is -0.394 e. The maximum atomic E-state index is 12.1. The number of aliphatic hydroxyl groups is 2. The monoisotopic (exact) mass is 455 g/mol. The fraction of sp³-hybridized carbons (Fsp3) is 0.964. The van der Waals surface area contributed by atoms with Gasteiger partial charge < -0.3 is 15.5 Å². The van der Waals surface area contributed by atoms with Crippen LogP contribution in [0, 0.1) is 0 Å². The third kappa shape index (κ3) is 21.2. The van der Waals surface area contributed by atoms with E-state index in [2.05, 4.69) is 19.2 Å². The van der Waals surface area contributed by atoms with Gasteiger partial charge in [-0.3, -0.25) is 4.79 Å². The van der Waals surface area contributed by atoms with Crippen LogP contribution in [0.15, 0.2) is 0 Å². The van der Waals surface area contributed by atoms with Crippen LogP contribution < -0.4 is 5.32 Å². The van der Waals surface area contributed by atoms with Gasteiger partial charge in [0.2, 0.25) is 5.91 Å². The topological polar surface area (TPSA) is 69.6 Å². The molecule has 0 aliphatic rings. The molecule has 4 heteroatoms. The van der Waals surface area contributed by atoms with Gasteiger partial charge in [0, 0.05) is 6.42 Å². The average molecular weight is 456 g/mol. The van der Waals surface area contributed by atoms with Crippen LogP contribution in [0.5, 0.6) is 0 Å². The highest BCUT2D eigenvalue weighted by Gasteiger charge is 2.19. The van der Waals surface area contributed by atoms with Gasteiger partial charge in [-0.05, 0) is 12.8 Å². The summed E-state index contributed by atoms with van der Waals surface area (Å²) in [7, 11) is 0. The number of carbonyl (C=O) groups excluding carboxylic acids is 1. The van der Waals surface area contributed by atoms with Gasteiger partial charge in [0.15, 0.2) is 0 Å². The van der Waals surface area contributed by atoms with Crippen LogP contribution in [0.4, 0.5) is 0 Å². The Labute approximate surface area is 200 Å². The van der Waals surface area contributed by atoms with Gasteiger partial charge >= 0.3 is 0 Å². The maximum Gasteiger partial charge on any atom is 0.220 e. The van der Waals surface area contributed by atoms with E-state index in [9.17, 15) is 15.0 Å². The molecule has 0 saturated heterocycles. The average Bonchev–Trinajstić information content (AvgIpc) is 2.79. The Hall–Kier alpha value is -0.610. The van der Waals surface area contributed by atoms with Crippen molar-refractivity contribution < 1.29 is 15.0 Å². The van der Waals surface area contributed by atoms with Gasteiger partial charge in [-0.25, -0.2) is 0 Å². The first-order valence-corrected chi connectivity index (χ1v) is 14.2. The molecule has 2 atom stereocenters. The number of carbonyl (C=O) groups is 1. The van der Waals surface area contributed by atoms with Crippen molar-refractivity contribution in [1.82, 2.24) is 5.32 Å². The second kappa shape index (κ2) is 25.0. The van der Waals surface area contributed by atoms with E-state index < -0.39 is 12.1 Å². The molecule has 0 heterocycles. The predicted molar refractivity (Wildman–Crippen MR) is 138 cm³/mol. The van der Waals surface area contributed by atoms with E-state index in [0.717, 1.165) is 32.1 Å². The van der Waals surface area contributed by atoms with E-state index in [0.29, 0.717) is 12.8 Å². The van der Waals surface area contributed by atoms with Crippen LogP contribution in [-0.4, -0.2) is 34.9 Å². The normalized spacial score (nSPS) is 13.2. The summed E-state index contributed by atoms with van der Waals surface area (Å²) in [5.74, 6) is -0.0421. The van der Waals surface area contributed by atoms with Gasteiger partial charge in [0.1, 0.15) is 0 Å². The van der Waals surface area contributed by atoms with Gasteiger partial charge in [-0.2, -0.15) is 0 Å². The fourth-order valence-electron chi connectivity index (χ4n) is 4.36. The zero-order valence-corrected chi connectivity index (χ0v) is 21.7. The second-order valence-corrected chi connectivity index (χ2v) is 9.83. The van der Waals surface area contributed by atoms with E-state index in [1.165, 1.54) is 96.3 Å². The number of unbranched alkanes of at least 4 members (excludes halogenated alkanes) is 18. The summed E-state index contributed by atoms with van der Waals surface area (Å²) < 4.78 is 0. The minimum absolute atomic E-state index is 0.0421. The molecule has 1 amide bonds. The first-order chi connectivity index (χ1) is 15.7. The molecular formula is C28H57NO3. The van der Waals surface area contributed by atoms with Crippen LogP contribution in [0.25, 0.3) is 0 Å². The Kier molecular flexibility index (Phi) is 24.5. The van der Waals surface area contributed by atoms with Crippen molar-refractivity contribution in [2.24, 2.45) is 0 Å². The molecule has 0 bridgehead atoms. The van der Waals surface area contributed by atoms with Crippen molar-refractivity contribution in [3.8, 4) is 0 Å². The molecule has 0 rings (SSSR count). The van der Waals surface area contributed by atoms with Crippen LogP contribution in [0.1, 0.15) is 155 Å². The van der Waals surface area contributed by atoms with Gasteiger partial charge in [0.25, 0.3) is 0 Å². The third-order valence-corrected chi connectivity index (χ3v) is 6.62. The number of aliphatic hydroxyl groups excluding tert-OH is 2. The Balaban J connectivity index is 3.41. The van der Waals surface area contributed by atoms with E-state index in [-0.39, 0.29) is 12.5 Å². The quantitative estimate of drug-likeness (QED) is 0.125. The molecule has 2 unspecified atom stereocenters. The number of amides is 1. The molecule has 0 aromatic rings. The Bertz CT molecular complexity index is 389. The van der Waals surface area contributed by atoms with E-state index >= 15 is 0 Å². The van der Waals surface area contributed by atoms with E-state index in [4.69, 9.17) is 0 Å². The smallest absolute Gasteiger partial charge is 0.220 e. The Morgan fingerprint density at radius 3 is 1.41 bits per heavy atom. The molecule has 192 valence electrons. The molecule has 0 saturated carbocycles. The van der Waals surface area contributed by atoms with Crippen molar-refractivity contribution >= 4 is 5.91 Å². The zero-order valence-electron chi connectivity index (χ0n) is 21.7. The summed E-state index contributed by atoms with van der Waals surface area (Å²) in [4.78, 5) is 12.1.